The van der Waals surface area contributed by atoms with E-state index in [1.807, 2.05) is 25.1 Å². The molecule has 0 spiro atoms. The van der Waals surface area contributed by atoms with Gasteiger partial charge in [0, 0.05) is 16.6 Å². The molecule has 0 unspecified atom stereocenters. The third-order valence-corrected chi connectivity index (χ3v) is 4.50. The van der Waals surface area contributed by atoms with Crippen LogP contribution in [0.4, 0.5) is 0 Å². The van der Waals surface area contributed by atoms with Crippen LogP contribution in [0.15, 0.2) is 22.7 Å². The second kappa shape index (κ2) is 7.09. The summed E-state index contributed by atoms with van der Waals surface area (Å²) >= 11 is 3.42. The highest BCUT2D eigenvalue weighted by Crippen LogP contribution is 2.25. The standard InChI is InChI=1S/C16H22BrNO/c1-12-7-8-14(17)11-15(12)16(19)18-10-9-13-5-3-2-4-6-13/h7-8,11,13H,2-6,9-10H2,1H3,(H,18,19). The van der Waals surface area contributed by atoms with Gasteiger partial charge in [-0.2, -0.15) is 0 Å². The SMILES string of the molecule is Cc1ccc(Br)cc1C(=O)NCCC1CCCCC1. The van der Waals surface area contributed by atoms with Crippen LogP contribution in [0.3, 0.4) is 0 Å². The van der Waals surface area contributed by atoms with E-state index in [-0.39, 0.29) is 5.91 Å². The van der Waals surface area contributed by atoms with Crippen molar-refractivity contribution in [1.29, 1.82) is 0 Å². The van der Waals surface area contributed by atoms with Crippen molar-refractivity contribution in [3.05, 3.63) is 33.8 Å². The first-order valence-corrected chi connectivity index (χ1v) is 8.00. The molecule has 2 nitrogen and oxygen atoms in total. The van der Waals surface area contributed by atoms with E-state index in [1.54, 1.807) is 0 Å². The van der Waals surface area contributed by atoms with Crippen LogP contribution in [0.5, 0.6) is 0 Å². The van der Waals surface area contributed by atoms with Crippen molar-refractivity contribution in [2.45, 2.75) is 45.4 Å². The smallest absolute Gasteiger partial charge is 0.251 e. The Labute approximate surface area is 124 Å². The van der Waals surface area contributed by atoms with Gasteiger partial charge in [0.15, 0.2) is 0 Å². The van der Waals surface area contributed by atoms with Gasteiger partial charge in [-0.1, -0.05) is 54.1 Å². The van der Waals surface area contributed by atoms with Gasteiger partial charge in [0.25, 0.3) is 5.91 Å². The summed E-state index contributed by atoms with van der Waals surface area (Å²) < 4.78 is 0.954. The molecule has 0 atom stereocenters. The van der Waals surface area contributed by atoms with Gasteiger partial charge in [0.05, 0.1) is 0 Å². The Balaban J connectivity index is 1.82. The summed E-state index contributed by atoms with van der Waals surface area (Å²) in [5.74, 6) is 0.868. The highest BCUT2D eigenvalue weighted by molar-refractivity contribution is 9.10. The maximum Gasteiger partial charge on any atom is 0.251 e. The van der Waals surface area contributed by atoms with Gasteiger partial charge in [0.1, 0.15) is 0 Å². The normalized spacial score (nSPS) is 16.3. The first-order valence-electron chi connectivity index (χ1n) is 7.21. The molecule has 1 aromatic carbocycles. The molecule has 1 N–H and O–H groups in total. The van der Waals surface area contributed by atoms with Gasteiger partial charge >= 0.3 is 0 Å². The lowest BCUT2D eigenvalue weighted by Crippen LogP contribution is -2.27. The van der Waals surface area contributed by atoms with E-state index in [1.165, 1.54) is 32.1 Å². The number of amides is 1. The first-order chi connectivity index (χ1) is 9.16. The second-order valence-corrected chi connectivity index (χ2v) is 6.42. The van der Waals surface area contributed by atoms with E-state index in [0.717, 1.165) is 34.5 Å². The van der Waals surface area contributed by atoms with Crippen LogP contribution in [0.1, 0.15) is 54.4 Å². The van der Waals surface area contributed by atoms with Crippen molar-refractivity contribution < 1.29 is 4.79 Å². The van der Waals surface area contributed by atoms with Crippen molar-refractivity contribution in [3.63, 3.8) is 0 Å². The average molecular weight is 324 g/mol. The molecule has 1 fully saturated rings. The Morgan fingerprint density at radius 3 is 2.79 bits per heavy atom. The molecule has 0 bridgehead atoms. The third kappa shape index (κ3) is 4.34. The minimum Gasteiger partial charge on any atom is -0.352 e. The van der Waals surface area contributed by atoms with Crippen LogP contribution in [0.25, 0.3) is 0 Å². The molecule has 1 amide bonds. The van der Waals surface area contributed by atoms with Crippen molar-refractivity contribution in [1.82, 2.24) is 5.32 Å². The van der Waals surface area contributed by atoms with Gasteiger partial charge in [0.2, 0.25) is 0 Å². The Bertz CT molecular complexity index is 438. The number of hydrogen-bond acceptors (Lipinski definition) is 1. The summed E-state index contributed by atoms with van der Waals surface area (Å²) in [4.78, 5) is 12.1. The lowest BCUT2D eigenvalue weighted by molar-refractivity contribution is 0.0949. The van der Waals surface area contributed by atoms with E-state index in [9.17, 15) is 4.79 Å². The van der Waals surface area contributed by atoms with Crippen molar-refractivity contribution >= 4 is 21.8 Å². The van der Waals surface area contributed by atoms with E-state index in [0.29, 0.717) is 0 Å². The topological polar surface area (TPSA) is 29.1 Å². The number of carbonyl (C=O) groups excluding carboxylic acids is 1. The Morgan fingerprint density at radius 1 is 1.32 bits per heavy atom. The van der Waals surface area contributed by atoms with E-state index < -0.39 is 0 Å². The Kier molecular flexibility index (Phi) is 5.44. The van der Waals surface area contributed by atoms with E-state index in [4.69, 9.17) is 0 Å². The molecule has 1 saturated carbocycles. The molecule has 0 heterocycles. The number of benzene rings is 1. The van der Waals surface area contributed by atoms with Crippen LogP contribution in [-0.2, 0) is 0 Å². The predicted octanol–water partition coefficient (Wildman–Crippen LogP) is 4.46. The van der Waals surface area contributed by atoms with Gasteiger partial charge in [-0.3, -0.25) is 4.79 Å². The summed E-state index contributed by atoms with van der Waals surface area (Å²) in [7, 11) is 0. The van der Waals surface area contributed by atoms with Crippen LogP contribution in [0.2, 0.25) is 0 Å². The molecular formula is C16H22BrNO. The summed E-state index contributed by atoms with van der Waals surface area (Å²) in [6.07, 6.45) is 7.92. The zero-order valence-corrected chi connectivity index (χ0v) is 13.1. The molecule has 0 radical (unpaired) electrons. The Hall–Kier alpha value is -0.830. The zero-order valence-electron chi connectivity index (χ0n) is 11.5. The fourth-order valence-electron chi connectivity index (χ4n) is 2.80. The molecule has 1 aliphatic rings. The fraction of sp³-hybridized carbons (Fsp3) is 0.562. The molecule has 19 heavy (non-hydrogen) atoms. The van der Waals surface area contributed by atoms with Crippen LogP contribution in [-0.4, -0.2) is 12.5 Å². The van der Waals surface area contributed by atoms with Crippen molar-refractivity contribution in [2.75, 3.05) is 6.54 Å². The zero-order chi connectivity index (χ0) is 13.7. The summed E-state index contributed by atoms with van der Waals surface area (Å²) in [5.41, 5.74) is 1.80. The van der Waals surface area contributed by atoms with Crippen LogP contribution >= 0.6 is 15.9 Å². The number of aryl methyl sites for hydroxylation is 1. The van der Waals surface area contributed by atoms with Gasteiger partial charge in [-0.15, -0.1) is 0 Å². The average Bonchev–Trinajstić information content (AvgIpc) is 2.42. The molecule has 1 aromatic rings. The molecule has 3 heteroatoms. The molecule has 2 rings (SSSR count). The number of nitrogens with one attached hydrogen (secondary N) is 1. The highest BCUT2D eigenvalue weighted by atomic mass is 79.9. The fourth-order valence-corrected chi connectivity index (χ4v) is 3.16. The summed E-state index contributed by atoms with van der Waals surface area (Å²) in [6.45, 7) is 2.78. The largest absolute Gasteiger partial charge is 0.352 e. The van der Waals surface area contributed by atoms with Gasteiger partial charge < -0.3 is 5.32 Å². The monoisotopic (exact) mass is 323 g/mol. The van der Waals surface area contributed by atoms with Crippen molar-refractivity contribution in [3.8, 4) is 0 Å². The maximum atomic E-state index is 12.1. The van der Waals surface area contributed by atoms with Gasteiger partial charge in [-0.25, -0.2) is 0 Å². The summed E-state index contributed by atoms with van der Waals surface area (Å²) in [5, 5.41) is 3.05. The lowest BCUT2D eigenvalue weighted by Gasteiger charge is -2.21. The number of hydrogen-bond donors (Lipinski definition) is 1. The van der Waals surface area contributed by atoms with E-state index in [2.05, 4.69) is 21.2 Å². The quantitative estimate of drug-likeness (QED) is 0.870. The van der Waals surface area contributed by atoms with Crippen molar-refractivity contribution in [2.24, 2.45) is 5.92 Å². The number of rotatable bonds is 4. The molecule has 0 saturated heterocycles. The maximum absolute atomic E-state index is 12.1. The second-order valence-electron chi connectivity index (χ2n) is 5.51. The minimum atomic E-state index is 0.0506. The Morgan fingerprint density at radius 2 is 2.05 bits per heavy atom. The molecular weight excluding hydrogens is 302 g/mol. The van der Waals surface area contributed by atoms with Gasteiger partial charge in [-0.05, 0) is 37.0 Å². The number of halogens is 1. The third-order valence-electron chi connectivity index (χ3n) is 4.01. The molecule has 104 valence electrons. The first kappa shape index (κ1) is 14.6. The minimum absolute atomic E-state index is 0.0506. The molecule has 0 aliphatic heterocycles. The summed E-state index contributed by atoms with van der Waals surface area (Å²) in [6, 6.07) is 5.83. The molecule has 1 aliphatic carbocycles. The highest BCUT2D eigenvalue weighted by Gasteiger charge is 2.14. The number of carbonyl (C=O) groups is 1. The van der Waals surface area contributed by atoms with Crippen LogP contribution in [0, 0.1) is 12.8 Å². The van der Waals surface area contributed by atoms with E-state index >= 15 is 0 Å². The molecule has 0 aromatic heterocycles. The van der Waals surface area contributed by atoms with Crippen LogP contribution < -0.4 is 5.32 Å². The predicted molar refractivity (Wildman–Crippen MR) is 82.4 cm³/mol. The lowest BCUT2D eigenvalue weighted by atomic mass is 9.87.